The molecule has 1 aliphatic rings. The Morgan fingerprint density at radius 2 is 1.59 bits per heavy atom. The molecule has 29 heavy (non-hydrogen) atoms. The molecule has 0 aromatic heterocycles. The predicted octanol–water partition coefficient (Wildman–Crippen LogP) is 3.85. The SMILES string of the molecule is CCOc1ccc(C2=NC(=Cc3cc(OC)cc(OC)c3)C(=O)O2)cc1OCC. The summed E-state index contributed by atoms with van der Waals surface area (Å²) in [5.74, 6) is 2.09. The lowest BCUT2D eigenvalue weighted by molar-refractivity contribution is -0.129. The lowest BCUT2D eigenvalue weighted by Crippen LogP contribution is -2.06. The summed E-state index contributed by atoms with van der Waals surface area (Å²) in [6.45, 7) is 4.79. The molecule has 2 aromatic carbocycles. The first-order valence-corrected chi connectivity index (χ1v) is 9.23. The van der Waals surface area contributed by atoms with Gasteiger partial charge < -0.3 is 23.7 Å². The van der Waals surface area contributed by atoms with Crippen LogP contribution in [0, 0.1) is 0 Å². The zero-order valence-electron chi connectivity index (χ0n) is 16.9. The topological polar surface area (TPSA) is 75.6 Å². The van der Waals surface area contributed by atoms with E-state index in [1.807, 2.05) is 13.8 Å². The molecule has 0 N–H and O–H groups in total. The zero-order chi connectivity index (χ0) is 20.8. The number of cyclic esters (lactones) is 1. The van der Waals surface area contributed by atoms with Gasteiger partial charge in [0.25, 0.3) is 0 Å². The van der Waals surface area contributed by atoms with Crippen LogP contribution in [-0.4, -0.2) is 39.3 Å². The fourth-order valence-electron chi connectivity index (χ4n) is 2.79. The number of hydrogen-bond acceptors (Lipinski definition) is 7. The van der Waals surface area contributed by atoms with E-state index in [0.717, 1.165) is 0 Å². The van der Waals surface area contributed by atoms with Crippen molar-refractivity contribution in [3.63, 3.8) is 0 Å². The molecule has 0 unspecified atom stereocenters. The van der Waals surface area contributed by atoms with Crippen LogP contribution in [0.5, 0.6) is 23.0 Å². The Labute approximate surface area is 169 Å². The van der Waals surface area contributed by atoms with Crippen LogP contribution in [0.4, 0.5) is 0 Å². The van der Waals surface area contributed by atoms with Gasteiger partial charge in [0, 0.05) is 11.6 Å². The summed E-state index contributed by atoms with van der Waals surface area (Å²) < 4.78 is 27.1. The Balaban J connectivity index is 1.94. The summed E-state index contributed by atoms with van der Waals surface area (Å²) in [5.41, 5.74) is 1.51. The minimum atomic E-state index is -0.534. The first kappa shape index (κ1) is 20.3. The lowest BCUT2D eigenvalue weighted by atomic mass is 10.1. The highest BCUT2D eigenvalue weighted by Crippen LogP contribution is 2.31. The molecule has 0 aliphatic carbocycles. The molecule has 0 atom stereocenters. The van der Waals surface area contributed by atoms with Gasteiger partial charge in [-0.2, -0.15) is 0 Å². The average molecular weight is 397 g/mol. The smallest absolute Gasteiger partial charge is 0.363 e. The number of carbonyl (C=O) groups excluding carboxylic acids is 1. The van der Waals surface area contributed by atoms with Crippen molar-refractivity contribution in [2.45, 2.75) is 13.8 Å². The number of nitrogens with zero attached hydrogens (tertiary/aromatic N) is 1. The van der Waals surface area contributed by atoms with Gasteiger partial charge in [-0.25, -0.2) is 9.79 Å². The highest BCUT2D eigenvalue weighted by atomic mass is 16.6. The highest BCUT2D eigenvalue weighted by molar-refractivity contribution is 6.13. The maximum absolute atomic E-state index is 12.3. The number of rotatable bonds is 8. The molecule has 0 spiro atoms. The number of hydrogen-bond donors (Lipinski definition) is 0. The second-order valence-corrected chi connectivity index (χ2v) is 6.01. The fourth-order valence-corrected chi connectivity index (χ4v) is 2.79. The van der Waals surface area contributed by atoms with E-state index in [9.17, 15) is 4.79 Å². The van der Waals surface area contributed by atoms with Crippen molar-refractivity contribution in [1.29, 1.82) is 0 Å². The molecule has 0 saturated carbocycles. The summed E-state index contributed by atoms with van der Waals surface area (Å²) in [7, 11) is 3.13. The van der Waals surface area contributed by atoms with Crippen LogP contribution < -0.4 is 18.9 Å². The Bertz CT molecular complexity index is 942. The van der Waals surface area contributed by atoms with E-state index in [1.165, 1.54) is 0 Å². The molecule has 0 radical (unpaired) electrons. The van der Waals surface area contributed by atoms with E-state index in [4.69, 9.17) is 23.7 Å². The van der Waals surface area contributed by atoms with Crippen molar-refractivity contribution in [1.82, 2.24) is 0 Å². The number of benzene rings is 2. The number of ether oxygens (including phenoxy) is 5. The van der Waals surface area contributed by atoms with Gasteiger partial charge in [0.15, 0.2) is 17.2 Å². The van der Waals surface area contributed by atoms with Gasteiger partial charge >= 0.3 is 5.97 Å². The van der Waals surface area contributed by atoms with Crippen LogP contribution >= 0.6 is 0 Å². The quantitative estimate of drug-likeness (QED) is 0.498. The average Bonchev–Trinajstić information content (AvgIpc) is 3.09. The van der Waals surface area contributed by atoms with E-state index in [0.29, 0.717) is 47.3 Å². The number of esters is 1. The summed E-state index contributed by atoms with van der Waals surface area (Å²) in [5, 5.41) is 0. The van der Waals surface area contributed by atoms with Gasteiger partial charge in [0.2, 0.25) is 5.90 Å². The zero-order valence-corrected chi connectivity index (χ0v) is 16.9. The standard InChI is InChI=1S/C22H23NO6/c1-5-27-19-8-7-15(12-20(19)28-6-2)21-23-18(22(24)29-21)11-14-9-16(25-3)13-17(10-14)26-4/h7-13H,5-6H2,1-4H3. The van der Waals surface area contributed by atoms with Crippen LogP contribution in [0.3, 0.4) is 0 Å². The Kier molecular flexibility index (Phi) is 6.39. The van der Waals surface area contributed by atoms with Crippen molar-refractivity contribution in [2.24, 2.45) is 4.99 Å². The molecule has 0 fully saturated rings. The number of aliphatic imine (C=N–C) groups is 1. The minimum absolute atomic E-state index is 0.183. The predicted molar refractivity (Wildman–Crippen MR) is 109 cm³/mol. The molecule has 2 aromatic rings. The van der Waals surface area contributed by atoms with Crippen molar-refractivity contribution in [2.75, 3.05) is 27.4 Å². The molecule has 152 valence electrons. The van der Waals surface area contributed by atoms with E-state index in [2.05, 4.69) is 4.99 Å². The maximum Gasteiger partial charge on any atom is 0.363 e. The summed E-state index contributed by atoms with van der Waals surface area (Å²) in [4.78, 5) is 16.7. The maximum atomic E-state index is 12.3. The Morgan fingerprint density at radius 1 is 0.931 bits per heavy atom. The third-order valence-corrected chi connectivity index (χ3v) is 4.09. The molecule has 7 heteroatoms. The second kappa shape index (κ2) is 9.14. The summed E-state index contributed by atoms with van der Waals surface area (Å²) in [6, 6.07) is 10.6. The monoisotopic (exact) mass is 397 g/mol. The van der Waals surface area contributed by atoms with E-state index in [1.54, 1.807) is 56.7 Å². The van der Waals surface area contributed by atoms with E-state index in [-0.39, 0.29) is 11.6 Å². The largest absolute Gasteiger partial charge is 0.497 e. The van der Waals surface area contributed by atoms with Crippen LogP contribution in [0.1, 0.15) is 25.0 Å². The molecule has 0 bridgehead atoms. The van der Waals surface area contributed by atoms with Gasteiger partial charge in [0.1, 0.15) is 11.5 Å². The van der Waals surface area contributed by atoms with Crippen LogP contribution in [0.25, 0.3) is 6.08 Å². The summed E-state index contributed by atoms with van der Waals surface area (Å²) >= 11 is 0. The molecule has 0 amide bonds. The van der Waals surface area contributed by atoms with Crippen molar-refractivity contribution >= 4 is 17.9 Å². The lowest BCUT2D eigenvalue weighted by Gasteiger charge is -2.11. The van der Waals surface area contributed by atoms with E-state index < -0.39 is 5.97 Å². The normalized spacial score (nSPS) is 14.4. The molecule has 3 rings (SSSR count). The Hall–Kier alpha value is -3.48. The van der Waals surface area contributed by atoms with Gasteiger partial charge in [-0.3, -0.25) is 0 Å². The van der Waals surface area contributed by atoms with Crippen LogP contribution in [0.15, 0.2) is 47.1 Å². The van der Waals surface area contributed by atoms with Crippen molar-refractivity contribution in [3.05, 3.63) is 53.2 Å². The fraction of sp³-hybridized carbons (Fsp3) is 0.273. The van der Waals surface area contributed by atoms with Crippen LogP contribution in [0.2, 0.25) is 0 Å². The van der Waals surface area contributed by atoms with Crippen LogP contribution in [-0.2, 0) is 9.53 Å². The molecular weight excluding hydrogens is 374 g/mol. The molecule has 1 aliphatic heterocycles. The number of carbonyl (C=O) groups is 1. The summed E-state index contributed by atoms with van der Waals surface area (Å²) in [6.07, 6.45) is 1.62. The molecule has 7 nitrogen and oxygen atoms in total. The number of methoxy groups -OCH3 is 2. The first-order valence-electron chi connectivity index (χ1n) is 9.23. The first-order chi connectivity index (χ1) is 14.1. The molecule has 1 heterocycles. The Morgan fingerprint density at radius 3 is 2.21 bits per heavy atom. The van der Waals surface area contributed by atoms with E-state index >= 15 is 0 Å². The third kappa shape index (κ3) is 4.68. The third-order valence-electron chi connectivity index (χ3n) is 4.09. The van der Waals surface area contributed by atoms with Gasteiger partial charge in [-0.1, -0.05) is 0 Å². The molecule has 0 saturated heterocycles. The highest BCUT2D eigenvalue weighted by Gasteiger charge is 2.25. The second-order valence-electron chi connectivity index (χ2n) is 6.01. The van der Waals surface area contributed by atoms with Gasteiger partial charge in [-0.05, 0) is 55.8 Å². The minimum Gasteiger partial charge on any atom is -0.497 e. The van der Waals surface area contributed by atoms with Gasteiger partial charge in [0.05, 0.1) is 27.4 Å². The molecular formula is C22H23NO6. The van der Waals surface area contributed by atoms with Gasteiger partial charge in [-0.15, -0.1) is 0 Å². The van der Waals surface area contributed by atoms with Crippen molar-refractivity contribution < 1.29 is 28.5 Å². The van der Waals surface area contributed by atoms with Crippen molar-refractivity contribution in [3.8, 4) is 23.0 Å².